The van der Waals surface area contributed by atoms with Gasteiger partial charge in [-0.3, -0.25) is 9.36 Å². The maximum atomic E-state index is 14.3. The van der Waals surface area contributed by atoms with Crippen LogP contribution in [0.3, 0.4) is 0 Å². The summed E-state index contributed by atoms with van der Waals surface area (Å²) in [5.41, 5.74) is 4.24. The Morgan fingerprint density at radius 3 is 2.62 bits per heavy atom. The molecule has 0 amide bonds. The largest absolute Gasteiger partial charge is 0.493 e. The molecule has 0 fully saturated rings. The molecule has 1 aliphatic rings. The van der Waals surface area contributed by atoms with Gasteiger partial charge in [0.2, 0.25) is 0 Å². The van der Waals surface area contributed by atoms with Crippen LogP contribution in [0.15, 0.2) is 74.6 Å². The summed E-state index contributed by atoms with van der Waals surface area (Å²) in [7, 11) is 1.56. The number of halogens is 1. The first-order valence-corrected chi connectivity index (χ1v) is 15.2. The first kappa shape index (κ1) is 29.6. The van der Waals surface area contributed by atoms with Gasteiger partial charge in [-0.25, -0.2) is 9.79 Å². The molecular weight excluding hydrogens is 618 g/mol. The second-order valence-corrected chi connectivity index (χ2v) is 11.5. The minimum Gasteiger partial charge on any atom is -0.493 e. The number of hydrogen-bond donors (Lipinski definition) is 0. The first-order valence-electron chi connectivity index (χ1n) is 13.6. The predicted molar refractivity (Wildman–Crippen MR) is 169 cm³/mol. The van der Waals surface area contributed by atoms with Crippen LogP contribution in [0.4, 0.5) is 0 Å². The monoisotopic (exact) mass is 649 g/mol. The Bertz CT molecular complexity index is 1930. The number of rotatable bonds is 9. The Hall–Kier alpha value is -3.89. The number of methoxy groups -OCH3 is 1. The number of fused-ring (bicyclic) bond motifs is 2. The molecule has 218 valence electrons. The van der Waals surface area contributed by atoms with E-state index in [1.807, 2.05) is 38.1 Å². The highest BCUT2D eigenvalue weighted by atomic mass is 79.9. The standard InChI is InChI=1S/C32H32BrN3O5S/c1-7-14-35-19(5)21(20-12-10-11-13-24(20)35)16-27-30(37)36-29(22-15-25(39-6)26(40-8-2)17-23(22)33)28(31(38)41-9-3)18(4)34-32(36)42-27/h7,10-13,15-17,29H,1,8-9,14H2,2-6H3/b27-16+/t29-/m1/s1. The predicted octanol–water partition coefficient (Wildman–Crippen LogP) is 5.42. The van der Waals surface area contributed by atoms with Crippen LogP contribution < -0.4 is 24.4 Å². The van der Waals surface area contributed by atoms with E-state index in [0.717, 1.165) is 22.2 Å². The number of para-hydroxylation sites is 1. The Balaban J connectivity index is 1.79. The van der Waals surface area contributed by atoms with E-state index in [1.54, 1.807) is 37.7 Å². The third-order valence-electron chi connectivity index (χ3n) is 7.26. The summed E-state index contributed by atoms with van der Waals surface area (Å²) in [6, 6.07) is 10.9. The van der Waals surface area contributed by atoms with Crippen molar-refractivity contribution in [1.82, 2.24) is 9.13 Å². The summed E-state index contributed by atoms with van der Waals surface area (Å²) in [5, 5.41) is 1.04. The molecule has 0 N–H and O–H groups in total. The first-order chi connectivity index (χ1) is 20.2. The lowest BCUT2D eigenvalue weighted by Gasteiger charge is -2.26. The molecule has 2 aromatic heterocycles. The SMILES string of the molecule is C=CCn1c(C)c(/C=c2/sc3n(c2=O)[C@H](c2cc(OC)c(OCC)cc2Br)C(C(=O)OCC)=C(C)N=3)c2ccccc21. The van der Waals surface area contributed by atoms with Gasteiger partial charge in [0, 0.05) is 33.2 Å². The van der Waals surface area contributed by atoms with Gasteiger partial charge in [0.05, 0.1) is 42.2 Å². The van der Waals surface area contributed by atoms with Crippen LogP contribution in [0.1, 0.15) is 43.6 Å². The molecule has 1 aliphatic heterocycles. The number of thiazole rings is 1. The van der Waals surface area contributed by atoms with Crippen molar-refractivity contribution in [3.63, 3.8) is 0 Å². The van der Waals surface area contributed by atoms with E-state index in [-0.39, 0.29) is 12.2 Å². The van der Waals surface area contributed by atoms with Gasteiger partial charge >= 0.3 is 5.97 Å². The second-order valence-electron chi connectivity index (χ2n) is 9.68. The van der Waals surface area contributed by atoms with Crippen LogP contribution in [0.5, 0.6) is 11.5 Å². The highest BCUT2D eigenvalue weighted by molar-refractivity contribution is 9.10. The molecule has 0 saturated heterocycles. The van der Waals surface area contributed by atoms with Gasteiger partial charge in [-0.15, -0.1) is 6.58 Å². The van der Waals surface area contributed by atoms with E-state index < -0.39 is 12.0 Å². The molecule has 0 spiro atoms. The van der Waals surface area contributed by atoms with Crippen LogP contribution in [0.2, 0.25) is 0 Å². The van der Waals surface area contributed by atoms with Gasteiger partial charge in [-0.2, -0.15) is 0 Å². The maximum Gasteiger partial charge on any atom is 0.338 e. The molecule has 3 heterocycles. The number of esters is 1. The Kier molecular flexibility index (Phi) is 8.56. The van der Waals surface area contributed by atoms with E-state index >= 15 is 0 Å². The minimum atomic E-state index is -0.801. The molecule has 42 heavy (non-hydrogen) atoms. The zero-order chi connectivity index (χ0) is 30.1. The molecule has 0 aliphatic carbocycles. The van der Waals surface area contributed by atoms with Crippen molar-refractivity contribution in [2.24, 2.45) is 4.99 Å². The van der Waals surface area contributed by atoms with E-state index in [4.69, 9.17) is 19.2 Å². The number of benzene rings is 2. The summed E-state index contributed by atoms with van der Waals surface area (Å²) in [6.45, 7) is 12.7. The van der Waals surface area contributed by atoms with Crippen molar-refractivity contribution in [2.75, 3.05) is 20.3 Å². The van der Waals surface area contributed by atoms with E-state index in [2.05, 4.69) is 39.2 Å². The molecule has 0 bridgehead atoms. The highest BCUT2D eigenvalue weighted by Gasteiger charge is 2.35. The highest BCUT2D eigenvalue weighted by Crippen LogP contribution is 2.41. The summed E-state index contributed by atoms with van der Waals surface area (Å²) in [6.07, 6.45) is 3.79. The second kappa shape index (κ2) is 12.1. The number of ether oxygens (including phenoxy) is 3. The fourth-order valence-electron chi connectivity index (χ4n) is 5.41. The number of carbonyl (C=O) groups excluding carboxylic acids is 1. The van der Waals surface area contributed by atoms with E-state index in [1.165, 1.54) is 11.3 Å². The van der Waals surface area contributed by atoms with Gasteiger partial charge in [0.15, 0.2) is 16.3 Å². The van der Waals surface area contributed by atoms with Crippen LogP contribution in [0, 0.1) is 6.92 Å². The van der Waals surface area contributed by atoms with Crippen LogP contribution in [-0.2, 0) is 16.1 Å². The lowest BCUT2D eigenvalue weighted by atomic mass is 9.95. The Morgan fingerprint density at radius 2 is 1.93 bits per heavy atom. The molecule has 0 radical (unpaired) electrons. The van der Waals surface area contributed by atoms with Crippen molar-refractivity contribution in [3.8, 4) is 11.5 Å². The summed E-state index contributed by atoms with van der Waals surface area (Å²) in [4.78, 5) is 32.8. The summed E-state index contributed by atoms with van der Waals surface area (Å²) >= 11 is 4.97. The molecular formula is C32H32BrN3O5S. The third kappa shape index (κ3) is 5.03. The lowest BCUT2D eigenvalue weighted by molar-refractivity contribution is -0.139. The van der Waals surface area contributed by atoms with Crippen LogP contribution >= 0.6 is 27.3 Å². The van der Waals surface area contributed by atoms with Crippen molar-refractivity contribution < 1.29 is 19.0 Å². The van der Waals surface area contributed by atoms with Gasteiger partial charge in [-0.05, 0) is 57.5 Å². The normalized spacial score (nSPS) is 15.0. The van der Waals surface area contributed by atoms with Crippen molar-refractivity contribution in [1.29, 1.82) is 0 Å². The fourth-order valence-corrected chi connectivity index (χ4v) is 6.98. The van der Waals surface area contributed by atoms with Crippen LogP contribution in [0.25, 0.3) is 17.0 Å². The fraction of sp³-hybridized carbons (Fsp3) is 0.281. The topological polar surface area (TPSA) is 84.0 Å². The van der Waals surface area contributed by atoms with Crippen LogP contribution in [-0.4, -0.2) is 35.4 Å². The van der Waals surface area contributed by atoms with Gasteiger partial charge in [0.25, 0.3) is 5.56 Å². The summed E-state index contributed by atoms with van der Waals surface area (Å²) in [5.74, 6) is 0.509. The van der Waals surface area contributed by atoms with Crippen molar-refractivity contribution >= 4 is 50.2 Å². The molecule has 0 saturated carbocycles. The Labute approximate surface area is 256 Å². The van der Waals surface area contributed by atoms with E-state index in [9.17, 15) is 9.59 Å². The lowest BCUT2D eigenvalue weighted by Crippen LogP contribution is -2.40. The molecule has 8 nitrogen and oxygen atoms in total. The zero-order valence-electron chi connectivity index (χ0n) is 24.2. The quantitative estimate of drug-likeness (QED) is 0.179. The molecule has 5 rings (SSSR count). The minimum absolute atomic E-state index is 0.189. The smallest absolute Gasteiger partial charge is 0.338 e. The van der Waals surface area contributed by atoms with E-state index in [0.29, 0.717) is 55.3 Å². The molecule has 4 aromatic rings. The molecule has 2 aromatic carbocycles. The van der Waals surface area contributed by atoms with Crippen molar-refractivity contribution in [2.45, 2.75) is 40.3 Å². The van der Waals surface area contributed by atoms with Gasteiger partial charge in [-0.1, -0.05) is 51.5 Å². The molecule has 1 atom stereocenters. The average Bonchev–Trinajstić information content (AvgIpc) is 3.41. The Morgan fingerprint density at radius 1 is 1.17 bits per heavy atom. The zero-order valence-corrected chi connectivity index (χ0v) is 26.6. The van der Waals surface area contributed by atoms with Gasteiger partial charge < -0.3 is 18.8 Å². The number of allylic oxidation sites excluding steroid dienone is 2. The average molecular weight is 651 g/mol. The number of carbonyl (C=O) groups is 1. The summed E-state index contributed by atoms with van der Waals surface area (Å²) < 4.78 is 21.8. The maximum absolute atomic E-state index is 14.3. The number of aromatic nitrogens is 2. The van der Waals surface area contributed by atoms with Gasteiger partial charge in [0.1, 0.15) is 0 Å². The number of hydrogen-bond acceptors (Lipinski definition) is 7. The number of nitrogens with zero attached hydrogens (tertiary/aromatic N) is 3. The molecule has 0 unspecified atom stereocenters. The van der Waals surface area contributed by atoms with Crippen molar-refractivity contribution in [3.05, 3.63) is 101 Å². The molecule has 10 heteroatoms. The third-order valence-corrected chi connectivity index (χ3v) is 8.93.